The highest BCUT2D eigenvalue weighted by atomic mass is 16.5. The third kappa shape index (κ3) is 3.93. The van der Waals surface area contributed by atoms with Crippen LogP contribution in [0.5, 0.6) is 0 Å². The van der Waals surface area contributed by atoms with E-state index < -0.39 is 23.5 Å². The van der Waals surface area contributed by atoms with Gasteiger partial charge in [0.05, 0.1) is 5.41 Å². The van der Waals surface area contributed by atoms with Gasteiger partial charge in [-0.15, -0.1) is 0 Å². The van der Waals surface area contributed by atoms with Crippen LogP contribution >= 0.6 is 0 Å². The van der Waals surface area contributed by atoms with Crippen LogP contribution < -0.4 is 10.6 Å². The third-order valence-corrected chi connectivity index (χ3v) is 7.71. The summed E-state index contributed by atoms with van der Waals surface area (Å²) in [5.74, 6) is -0.942. The van der Waals surface area contributed by atoms with Gasteiger partial charge in [-0.2, -0.15) is 0 Å². The Labute approximate surface area is 198 Å². The molecule has 4 atom stereocenters. The van der Waals surface area contributed by atoms with Gasteiger partial charge in [0.25, 0.3) is 0 Å². The summed E-state index contributed by atoms with van der Waals surface area (Å²) in [7, 11) is 0. The Hall–Kier alpha value is -3.35. The second-order valence-electron chi connectivity index (χ2n) is 9.82. The first kappa shape index (κ1) is 22.4. The fourth-order valence-corrected chi connectivity index (χ4v) is 5.91. The SMILES string of the molecule is CCC[C@H](NC(=O)OCC1c2ccccc2-c2ccccc21)C(=O)NC1CC2CC2(C(=O)O)C1. The molecule has 178 valence electrons. The molecule has 0 heterocycles. The van der Waals surface area contributed by atoms with Crippen LogP contribution in [0, 0.1) is 11.3 Å². The summed E-state index contributed by atoms with van der Waals surface area (Å²) in [5, 5.41) is 15.2. The van der Waals surface area contributed by atoms with Gasteiger partial charge >= 0.3 is 12.1 Å². The molecule has 2 aromatic rings. The zero-order valence-corrected chi connectivity index (χ0v) is 19.3. The molecule has 0 bridgehead atoms. The van der Waals surface area contributed by atoms with Gasteiger partial charge in [-0.05, 0) is 53.9 Å². The molecule has 3 aliphatic carbocycles. The molecule has 2 aromatic carbocycles. The summed E-state index contributed by atoms with van der Waals surface area (Å²) in [6.07, 6.45) is 2.42. The number of carbonyl (C=O) groups is 3. The van der Waals surface area contributed by atoms with Crippen molar-refractivity contribution >= 4 is 18.0 Å². The number of hydrogen-bond acceptors (Lipinski definition) is 4. The number of amides is 2. The van der Waals surface area contributed by atoms with Gasteiger partial charge in [0, 0.05) is 12.0 Å². The largest absolute Gasteiger partial charge is 0.481 e. The zero-order chi connectivity index (χ0) is 23.9. The van der Waals surface area contributed by atoms with Crippen molar-refractivity contribution in [3.8, 4) is 11.1 Å². The maximum Gasteiger partial charge on any atom is 0.407 e. The summed E-state index contributed by atoms with van der Waals surface area (Å²) in [5.41, 5.74) is 3.92. The van der Waals surface area contributed by atoms with E-state index in [2.05, 4.69) is 34.9 Å². The molecule has 0 aromatic heterocycles. The monoisotopic (exact) mass is 462 g/mol. The second-order valence-corrected chi connectivity index (χ2v) is 9.82. The molecule has 5 rings (SSSR count). The standard InChI is InChI=1S/C27H30N2O5/c1-2-7-23(24(30)28-17-12-16-13-27(16,14-17)25(31)32)29-26(33)34-15-22-20-10-5-3-8-18(20)19-9-4-6-11-21(19)22/h3-6,8-11,16-17,22-23H,2,7,12-15H2,1H3,(H,28,30)(H,29,33)(H,31,32)/t16?,17?,23-,27?/m0/s1. The topological polar surface area (TPSA) is 105 Å². The number of benzene rings is 2. The molecule has 2 fully saturated rings. The number of carboxylic acid groups (broad SMARTS) is 1. The van der Waals surface area contributed by atoms with E-state index in [-0.39, 0.29) is 30.4 Å². The van der Waals surface area contributed by atoms with E-state index in [1.54, 1.807) is 0 Å². The molecule has 0 radical (unpaired) electrons. The van der Waals surface area contributed by atoms with E-state index in [0.717, 1.165) is 22.3 Å². The van der Waals surface area contributed by atoms with Gasteiger partial charge in [0.2, 0.25) is 5.91 Å². The Morgan fingerprint density at radius 2 is 1.71 bits per heavy atom. The number of ether oxygens (including phenoxy) is 1. The lowest BCUT2D eigenvalue weighted by Crippen LogP contribution is -2.49. The minimum absolute atomic E-state index is 0.0472. The predicted octanol–water partition coefficient (Wildman–Crippen LogP) is 4.06. The Balaban J connectivity index is 1.19. The van der Waals surface area contributed by atoms with Crippen molar-refractivity contribution in [2.45, 2.75) is 57.0 Å². The molecular formula is C27H30N2O5. The molecule has 3 aliphatic rings. The highest BCUT2D eigenvalue weighted by Crippen LogP contribution is 2.63. The van der Waals surface area contributed by atoms with Crippen molar-refractivity contribution < 1.29 is 24.2 Å². The molecule has 7 nitrogen and oxygen atoms in total. The molecule has 0 spiro atoms. The maximum atomic E-state index is 12.9. The average molecular weight is 463 g/mol. The summed E-state index contributed by atoms with van der Waals surface area (Å²) in [6.45, 7) is 2.13. The van der Waals surface area contributed by atoms with Gasteiger partial charge in [-0.3, -0.25) is 9.59 Å². The second kappa shape index (κ2) is 8.78. The van der Waals surface area contributed by atoms with Gasteiger partial charge in [-0.1, -0.05) is 61.9 Å². The minimum atomic E-state index is -0.767. The number of rotatable bonds is 8. The molecule has 3 N–H and O–H groups in total. The van der Waals surface area contributed by atoms with Gasteiger partial charge < -0.3 is 20.5 Å². The summed E-state index contributed by atoms with van der Waals surface area (Å²) in [4.78, 5) is 37.1. The van der Waals surface area contributed by atoms with Crippen LogP contribution in [0.2, 0.25) is 0 Å². The highest BCUT2D eigenvalue weighted by molar-refractivity contribution is 5.86. The fraction of sp³-hybridized carbons (Fsp3) is 0.444. The van der Waals surface area contributed by atoms with Crippen molar-refractivity contribution in [3.63, 3.8) is 0 Å². The predicted molar refractivity (Wildman–Crippen MR) is 126 cm³/mol. The van der Waals surface area contributed by atoms with E-state index >= 15 is 0 Å². The highest BCUT2D eigenvalue weighted by Gasteiger charge is 2.65. The smallest absolute Gasteiger partial charge is 0.407 e. The summed E-state index contributed by atoms with van der Waals surface area (Å²) < 4.78 is 5.60. The van der Waals surface area contributed by atoms with E-state index in [1.165, 1.54) is 0 Å². The van der Waals surface area contributed by atoms with Crippen molar-refractivity contribution in [1.82, 2.24) is 10.6 Å². The number of alkyl carbamates (subject to hydrolysis) is 1. The third-order valence-electron chi connectivity index (χ3n) is 7.71. The minimum Gasteiger partial charge on any atom is -0.481 e. The molecular weight excluding hydrogens is 432 g/mol. The molecule has 34 heavy (non-hydrogen) atoms. The van der Waals surface area contributed by atoms with Crippen LogP contribution in [0.4, 0.5) is 4.79 Å². The van der Waals surface area contributed by atoms with Crippen molar-refractivity contribution in [3.05, 3.63) is 59.7 Å². The number of hydrogen-bond donors (Lipinski definition) is 3. The fourth-order valence-electron chi connectivity index (χ4n) is 5.91. The first-order valence-corrected chi connectivity index (χ1v) is 12.1. The lowest BCUT2D eigenvalue weighted by molar-refractivity contribution is -0.143. The molecule has 7 heteroatoms. The van der Waals surface area contributed by atoms with E-state index in [0.29, 0.717) is 32.1 Å². The molecule has 0 saturated heterocycles. The Morgan fingerprint density at radius 1 is 1.06 bits per heavy atom. The maximum absolute atomic E-state index is 12.9. The molecule has 3 unspecified atom stereocenters. The Bertz CT molecular complexity index is 1090. The van der Waals surface area contributed by atoms with Crippen molar-refractivity contribution in [2.24, 2.45) is 11.3 Å². The lowest BCUT2D eigenvalue weighted by atomic mass is 9.98. The quantitative estimate of drug-likeness (QED) is 0.549. The van der Waals surface area contributed by atoms with Crippen LogP contribution in [-0.4, -0.2) is 41.8 Å². The van der Waals surface area contributed by atoms with Crippen LogP contribution in [-0.2, 0) is 14.3 Å². The van der Waals surface area contributed by atoms with E-state index in [9.17, 15) is 19.5 Å². The van der Waals surface area contributed by atoms with Gasteiger partial charge in [0.1, 0.15) is 12.6 Å². The normalized spacial score (nSPS) is 25.0. The van der Waals surface area contributed by atoms with Crippen LogP contribution in [0.15, 0.2) is 48.5 Å². The van der Waals surface area contributed by atoms with Crippen molar-refractivity contribution in [1.29, 1.82) is 0 Å². The number of carboxylic acids is 1. The lowest BCUT2D eigenvalue weighted by Gasteiger charge is -2.22. The number of nitrogens with one attached hydrogen (secondary N) is 2. The van der Waals surface area contributed by atoms with E-state index in [4.69, 9.17) is 4.74 Å². The van der Waals surface area contributed by atoms with Crippen LogP contribution in [0.1, 0.15) is 56.1 Å². The first-order valence-electron chi connectivity index (χ1n) is 12.1. The molecule has 0 aliphatic heterocycles. The Kier molecular flexibility index (Phi) is 5.80. The Morgan fingerprint density at radius 3 is 2.29 bits per heavy atom. The number of carbonyl (C=O) groups excluding carboxylic acids is 2. The average Bonchev–Trinajstić information content (AvgIpc) is 3.26. The van der Waals surface area contributed by atoms with Crippen LogP contribution in [0.3, 0.4) is 0 Å². The van der Waals surface area contributed by atoms with E-state index in [1.807, 2.05) is 31.2 Å². The number of fused-ring (bicyclic) bond motifs is 4. The summed E-state index contributed by atoms with van der Waals surface area (Å²) in [6, 6.07) is 15.4. The number of aliphatic carboxylic acids is 1. The first-order chi connectivity index (χ1) is 16.4. The van der Waals surface area contributed by atoms with Crippen LogP contribution in [0.25, 0.3) is 11.1 Å². The molecule has 2 saturated carbocycles. The molecule has 2 amide bonds. The summed E-state index contributed by atoms with van der Waals surface area (Å²) >= 11 is 0. The van der Waals surface area contributed by atoms with Crippen molar-refractivity contribution in [2.75, 3.05) is 6.61 Å². The zero-order valence-electron chi connectivity index (χ0n) is 19.3. The van der Waals surface area contributed by atoms with Gasteiger partial charge in [-0.25, -0.2) is 4.79 Å². The van der Waals surface area contributed by atoms with Gasteiger partial charge in [0.15, 0.2) is 0 Å².